The molecule has 0 aliphatic carbocycles. The number of carbonyl (C=O) groups is 3. The Kier molecular flexibility index (Phi) is 5.00. The Morgan fingerprint density at radius 1 is 1.09 bits per heavy atom. The van der Waals surface area contributed by atoms with E-state index < -0.39 is 37.7 Å². The highest BCUT2D eigenvalue weighted by atomic mass is 32.2. The van der Waals surface area contributed by atoms with Crippen molar-refractivity contribution in [3.8, 4) is 0 Å². The van der Waals surface area contributed by atoms with E-state index in [1.807, 2.05) is 0 Å². The molecule has 2 aliphatic heterocycles. The Morgan fingerprint density at radius 2 is 1.73 bits per heavy atom. The van der Waals surface area contributed by atoms with E-state index in [-0.39, 0.29) is 24.6 Å². The van der Waals surface area contributed by atoms with Gasteiger partial charge in [-0.25, -0.2) is 23.1 Å². The number of alkyl halides is 3. The van der Waals surface area contributed by atoms with Crippen molar-refractivity contribution in [1.82, 2.24) is 9.88 Å². The molecular weight excluding hydrogens is 465 g/mol. The van der Waals surface area contributed by atoms with Crippen LogP contribution in [0.5, 0.6) is 0 Å². The summed E-state index contributed by atoms with van der Waals surface area (Å²) in [5.74, 6) is -0.506. The molecule has 13 heteroatoms. The third kappa shape index (κ3) is 3.52. The number of rotatable bonds is 4. The summed E-state index contributed by atoms with van der Waals surface area (Å²) in [6, 6.07) is 4.23. The number of halogens is 3. The zero-order valence-corrected chi connectivity index (χ0v) is 18.1. The average molecular weight is 482 g/mol. The number of pyridine rings is 1. The Labute approximate surface area is 186 Å². The molecule has 2 aliphatic rings. The molecule has 33 heavy (non-hydrogen) atoms. The standard InChI is InChI=1S/C20H17F3N4O5S/c1-19(2)17(29)27(12-3-5-13(6-4-12)33(31,32)20(21,22)23)18(30)26(19)10-11-7-8-24-16-14(11)9-15(28)25-16/h3-8H,9-10H2,1-2H3,(H,24,25,28). The fourth-order valence-corrected chi connectivity index (χ4v) is 4.49. The van der Waals surface area contributed by atoms with E-state index in [1.165, 1.54) is 24.9 Å². The molecule has 1 saturated heterocycles. The summed E-state index contributed by atoms with van der Waals surface area (Å²) in [4.78, 5) is 43.1. The fourth-order valence-electron chi connectivity index (χ4n) is 3.73. The molecule has 4 amide bonds. The Balaban J connectivity index is 1.65. The van der Waals surface area contributed by atoms with Gasteiger partial charge in [0, 0.05) is 18.3 Å². The van der Waals surface area contributed by atoms with Gasteiger partial charge in [-0.05, 0) is 49.7 Å². The molecule has 174 valence electrons. The SMILES string of the molecule is CC1(C)C(=O)N(c2ccc(S(=O)(=O)C(F)(F)F)cc2)C(=O)N1Cc1ccnc2c1CC(=O)N2. The third-order valence-electron chi connectivity index (χ3n) is 5.61. The lowest BCUT2D eigenvalue weighted by atomic mass is 10.0. The van der Waals surface area contributed by atoms with Crippen LogP contribution in [0.2, 0.25) is 0 Å². The van der Waals surface area contributed by atoms with Gasteiger partial charge in [0.2, 0.25) is 5.91 Å². The highest BCUT2D eigenvalue weighted by molar-refractivity contribution is 7.92. The number of urea groups is 1. The Hall–Kier alpha value is -3.48. The lowest BCUT2D eigenvalue weighted by molar-refractivity contribution is -0.123. The summed E-state index contributed by atoms with van der Waals surface area (Å²) in [6.45, 7) is 3.01. The first kappa shape index (κ1) is 22.7. The molecule has 0 bridgehead atoms. The fraction of sp³-hybridized carbons (Fsp3) is 0.300. The maximum absolute atomic E-state index is 13.2. The number of hydrogen-bond donors (Lipinski definition) is 1. The summed E-state index contributed by atoms with van der Waals surface area (Å²) in [5.41, 5.74) is -5.65. The topological polar surface area (TPSA) is 117 Å². The van der Waals surface area contributed by atoms with Gasteiger partial charge in [-0.2, -0.15) is 13.2 Å². The number of nitrogens with one attached hydrogen (secondary N) is 1. The lowest BCUT2D eigenvalue weighted by Gasteiger charge is -2.28. The van der Waals surface area contributed by atoms with E-state index in [1.54, 1.807) is 6.07 Å². The van der Waals surface area contributed by atoms with E-state index in [9.17, 15) is 36.0 Å². The molecule has 2 aromatic rings. The normalized spacial score (nSPS) is 18.0. The number of nitrogens with zero attached hydrogens (tertiary/aromatic N) is 3. The summed E-state index contributed by atoms with van der Waals surface area (Å²) in [7, 11) is -5.57. The minimum absolute atomic E-state index is 0.0194. The lowest BCUT2D eigenvalue weighted by Crippen LogP contribution is -2.43. The van der Waals surface area contributed by atoms with E-state index >= 15 is 0 Å². The molecule has 0 radical (unpaired) electrons. The minimum Gasteiger partial charge on any atom is -0.310 e. The van der Waals surface area contributed by atoms with Crippen LogP contribution in [0.25, 0.3) is 0 Å². The van der Waals surface area contributed by atoms with Crippen LogP contribution in [-0.4, -0.2) is 47.2 Å². The van der Waals surface area contributed by atoms with Gasteiger partial charge in [-0.1, -0.05) is 0 Å². The molecule has 0 unspecified atom stereocenters. The molecule has 1 fully saturated rings. The molecule has 4 rings (SSSR count). The summed E-state index contributed by atoms with van der Waals surface area (Å²) >= 11 is 0. The predicted octanol–water partition coefficient (Wildman–Crippen LogP) is 2.62. The molecule has 0 spiro atoms. The van der Waals surface area contributed by atoms with Gasteiger partial charge < -0.3 is 10.2 Å². The second-order valence-corrected chi connectivity index (χ2v) is 9.97. The predicted molar refractivity (Wildman–Crippen MR) is 109 cm³/mol. The zero-order chi connectivity index (χ0) is 24.3. The number of aromatic nitrogens is 1. The number of hydrogen-bond acceptors (Lipinski definition) is 6. The van der Waals surface area contributed by atoms with Crippen molar-refractivity contribution < 1.29 is 36.0 Å². The van der Waals surface area contributed by atoms with Crippen LogP contribution in [0, 0.1) is 0 Å². The van der Waals surface area contributed by atoms with E-state index in [0.29, 0.717) is 29.1 Å². The van der Waals surface area contributed by atoms with Crippen molar-refractivity contribution >= 4 is 39.2 Å². The number of fused-ring (bicyclic) bond motifs is 1. The number of carbonyl (C=O) groups excluding carboxylic acids is 3. The molecule has 1 N–H and O–H groups in total. The second kappa shape index (κ2) is 7.27. The number of sulfone groups is 1. The van der Waals surface area contributed by atoms with Crippen LogP contribution in [0.1, 0.15) is 25.0 Å². The largest absolute Gasteiger partial charge is 0.501 e. The molecule has 9 nitrogen and oxygen atoms in total. The third-order valence-corrected chi connectivity index (χ3v) is 7.11. The maximum Gasteiger partial charge on any atom is 0.501 e. The molecule has 1 aromatic heterocycles. The van der Waals surface area contributed by atoms with Crippen molar-refractivity contribution in [2.75, 3.05) is 10.2 Å². The first-order valence-corrected chi connectivity index (χ1v) is 11.1. The highest BCUT2D eigenvalue weighted by Gasteiger charge is 2.52. The summed E-state index contributed by atoms with van der Waals surface area (Å²) in [6.07, 6.45) is 1.54. The van der Waals surface area contributed by atoms with E-state index in [2.05, 4.69) is 10.3 Å². The van der Waals surface area contributed by atoms with Crippen molar-refractivity contribution in [1.29, 1.82) is 0 Å². The van der Waals surface area contributed by atoms with Crippen molar-refractivity contribution in [3.05, 3.63) is 47.7 Å². The number of benzene rings is 1. The molecule has 1 aromatic carbocycles. The quantitative estimate of drug-likeness (QED) is 0.670. The van der Waals surface area contributed by atoms with Crippen LogP contribution in [0.15, 0.2) is 41.4 Å². The van der Waals surface area contributed by atoms with Gasteiger partial charge in [0.05, 0.1) is 17.0 Å². The molecular formula is C20H17F3N4O5S. The maximum atomic E-state index is 13.2. The van der Waals surface area contributed by atoms with Gasteiger partial charge >= 0.3 is 11.5 Å². The van der Waals surface area contributed by atoms with Gasteiger partial charge in [-0.3, -0.25) is 9.59 Å². The van der Waals surface area contributed by atoms with Crippen molar-refractivity contribution in [2.24, 2.45) is 0 Å². The van der Waals surface area contributed by atoms with Gasteiger partial charge in [0.15, 0.2) is 0 Å². The monoisotopic (exact) mass is 482 g/mol. The van der Waals surface area contributed by atoms with E-state index in [0.717, 1.165) is 17.0 Å². The Bertz CT molecular complexity index is 1290. The van der Waals surface area contributed by atoms with Crippen LogP contribution in [0.4, 0.5) is 29.5 Å². The summed E-state index contributed by atoms with van der Waals surface area (Å²) < 4.78 is 61.5. The minimum atomic E-state index is -5.57. The van der Waals surface area contributed by atoms with Gasteiger partial charge in [0.25, 0.3) is 15.7 Å². The average Bonchev–Trinajstić information content (AvgIpc) is 3.18. The number of imide groups is 1. The number of anilines is 2. The highest BCUT2D eigenvalue weighted by Crippen LogP contribution is 2.36. The van der Waals surface area contributed by atoms with E-state index in [4.69, 9.17) is 0 Å². The van der Waals surface area contributed by atoms with Gasteiger partial charge in [0.1, 0.15) is 11.4 Å². The first-order chi connectivity index (χ1) is 15.2. The zero-order valence-electron chi connectivity index (χ0n) is 17.3. The molecule has 3 heterocycles. The van der Waals surface area contributed by atoms with Crippen molar-refractivity contribution in [3.63, 3.8) is 0 Å². The molecule has 0 saturated carbocycles. The van der Waals surface area contributed by atoms with Crippen LogP contribution in [0.3, 0.4) is 0 Å². The van der Waals surface area contributed by atoms with Crippen molar-refractivity contribution in [2.45, 2.75) is 42.8 Å². The van der Waals surface area contributed by atoms with Gasteiger partial charge in [-0.15, -0.1) is 0 Å². The smallest absolute Gasteiger partial charge is 0.310 e. The van der Waals surface area contributed by atoms with Crippen LogP contribution < -0.4 is 10.2 Å². The number of amides is 4. The Morgan fingerprint density at radius 3 is 2.33 bits per heavy atom. The summed E-state index contributed by atoms with van der Waals surface area (Å²) in [5, 5.41) is 2.61. The van der Waals surface area contributed by atoms with Crippen LogP contribution >= 0.6 is 0 Å². The first-order valence-electron chi connectivity index (χ1n) is 9.59. The van der Waals surface area contributed by atoms with Crippen LogP contribution in [-0.2, 0) is 32.4 Å². The molecule has 0 atom stereocenters. The second-order valence-electron chi connectivity index (χ2n) is 8.03.